The molecule has 0 aromatic carbocycles. The van der Waals surface area contributed by atoms with E-state index in [2.05, 4.69) is 15.1 Å². The van der Waals surface area contributed by atoms with Crippen LogP contribution < -0.4 is 0 Å². The van der Waals surface area contributed by atoms with E-state index in [9.17, 15) is 0 Å². The second-order valence-corrected chi connectivity index (χ2v) is 2.41. The number of pyridine rings is 1. The molecule has 0 saturated carbocycles. The minimum atomic E-state index is -0.214. The molecule has 0 aliphatic heterocycles. The van der Waals surface area contributed by atoms with Crippen molar-refractivity contribution >= 4 is 0 Å². The van der Waals surface area contributed by atoms with E-state index in [-0.39, 0.29) is 12.4 Å². The van der Waals surface area contributed by atoms with Crippen LogP contribution in [0.15, 0.2) is 29.0 Å². The van der Waals surface area contributed by atoms with Gasteiger partial charge in [-0.3, -0.25) is 4.98 Å². The number of aromatic nitrogens is 3. The molecule has 0 fully saturated rings. The van der Waals surface area contributed by atoms with Crippen LogP contribution in [-0.2, 0) is 6.61 Å². The van der Waals surface area contributed by atoms with Crippen molar-refractivity contribution in [3.05, 3.63) is 30.4 Å². The van der Waals surface area contributed by atoms with Crippen LogP contribution in [0.25, 0.3) is 11.5 Å². The van der Waals surface area contributed by atoms with E-state index >= 15 is 0 Å². The third-order valence-electron chi connectivity index (χ3n) is 1.54. The van der Waals surface area contributed by atoms with Gasteiger partial charge in [0.2, 0.25) is 0 Å². The first-order valence-corrected chi connectivity index (χ1v) is 3.74. The predicted octanol–water partition coefficient (Wildman–Crippen LogP) is 0.624. The van der Waals surface area contributed by atoms with Crippen molar-refractivity contribution in [3.63, 3.8) is 0 Å². The Labute approximate surface area is 74.1 Å². The van der Waals surface area contributed by atoms with Gasteiger partial charge in [-0.15, -0.1) is 0 Å². The van der Waals surface area contributed by atoms with Crippen molar-refractivity contribution < 1.29 is 9.63 Å². The maximum atomic E-state index is 8.70. The van der Waals surface area contributed by atoms with Crippen molar-refractivity contribution in [1.82, 2.24) is 15.1 Å². The summed E-state index contributed by atoms with van der Waals surface area (Å²) < 4.78 is 4.89. The Morgan fingerprint density at radius 1 is 1.31 bits per heavy atom. The molecule has 5 heteroatoms. The van der Waals surface area contributed by atoms with Gasteiger partial charge in [-0.2, -0.15) is 4.98 Å². The largest absolute Gasteiger partial charge is 0.388 e. The molecule has 66 valence electrons. The number of hydrogen-bond donors (Lipinski definition) is 1. The summed E-state index contributed by atoms with van der Waals surface area (Å²) in [4.78, 5) is 7.80. The average molecular weight is 177 g/mol. The van der Waals surface area contributed by atoms with E-state index in [1.807, 2.05) is 0 Å². The smallest absolute Gasteiger partial charge is 0.258 e. The van der Waals surface area contributed by atoms with E-state index in [0.29, 0.717) is 5.89 Å². The summed E-state index contributed by atoms with van der Waals surface area (Å²) in [5.74, 6) is 0.679. The molecule has 1 N–H and O–H groups in total. The van der Waals surface area contributed by atoms with E-state index in [4.69, 9.17) is 9.63 Å². The van der Waals surface area contributed by atoms with E-state index < -0.39 is 0 Å². The normalized spacial score (nSPS) is 10.2. The van der Waals surface area contributed by atoms with Crippen LogP contribution in [0.5, 0.6) is 0 Å². The molecule has 0 aliphatic rings. The Kier molecular flexibility index (Phi) is 2.01. The third-order valence-corrected chi connectivity index (χ3v) is 1.54. The number of rotatable bonds is 2. The second kappa shape index (κ2) is 3.32. The molecule has 2 aromatic rings. The van der Waals surface area contributed by atoms with Gasteiger partial charge < -0.3 is 9.63 Å². The SMILES string of the molecule is OCc1noc(-c2ccncc2)n1. The van der Waals surface area contributed by atoms with Crippen LogP contribution in [0, 0.1) is 0 Å². The number of aliphatic hydroxyl groups is 1. The molecule has 0 atom stereocenters. The molecule has 2 rings (SSSR count). The molecule has 0 radical (unpaired) electrons. The highest BCUT2D eigenvalue weighted by Gasteiger charge is 2.06. The van der Waals surface area contributed by atoms with Crippen molar-refractivity contribution in [2.24, 2.45) is 0 Å². The second-order valence-electron chi connectivity index (χ2n) is 2.41. The first kappa shape index (κ1) is 7.88. The molecule has 2 heterocycles. The van der Waals surface area contributed by atoms with Gasteiger partial charge in [0.05, 0.1) is 0 Å². The topological polar surface area (TPSA) is 72.0 Å². The van der Waals surface area contributed by atoms with Gasteiger partial charge in [0.15, 0.2) is 5.82 Å². The van der Waals surface area contributed by atoms with Crippen LogP contribution in [0.2, 0.25) is 0 Å². The Balaban J connectivity index is 2.36. The summed E-state index contributed by atoms with van der Waals surface area (Å²) in [5, 5.41) is 12.3. The zero-order valence-electron chi connectivity index (χ0n) is 6.71. The molecular weight excluding hydrogens is 170 g/mol. The Bertz CT molecular complexity index is 385. The lowest BCUT2D eigenvalue weighted by Crippen LogP contribution is -1.84. The Morgan fingerprint density at radius 2 is 2.08 bits per heavy atom. The molecule has 0 bridgehead atoms. The Hall–Kier alpha value is -1.75. The van der Waals surface area contributed by atoms with Crippen molar-refractivity contribution in [2.75, 3.05) is 0 Å². The van der Waals surface area contributed by atoms with E-state index in [0.717, 1.165) is 5.56 Å². The lowest BCUT2D eigenvalue weighted by molar-refractivity contribution is 0.264. The van der Waals surface area contributed by atoms with E-state index in [1.54, 1.807) is 24.5 Å². The number of aliphatic hydroxyl groups excluding tert-OH is 1. The quantitative estimate of drug-likeness (QED) is 0.728. The molecule has 0 spiro atoms. The summed E-state index contributed by atoms with van der Waals surface area (Å²) in [6.45, 7) is -0.214. The zero-order chi connectivity index (χ0) is 9.10. The van der Waals surface area contributed by atoms with Crippen molar-refractivity contribution in [1.29, 1.82) is 0 Å². The average Bonchev–Trinajstić information content (AvgIpc) is 2.67. The monoisotopic (exact) mass is 177 g/mol. The maximum absolute atomic E-state index is 8.70. The molecule has 0 unspecified atom stereocenters. The molecule has 0 amide bonds. The summed E-state index contributed by atoms with van der Waals surface area (Å²) in [7, 11) is 0. The van der Waals surface area contributed by atoms with Gasteiger partial charge in [0.1, 0.15) is 6.61 Å². The molecule has 13 heavy (non-hydrogen) atoms. The van der Waals surface area contributed by atoms with Gasteiger partial charge in [-0.25, -0.2) is 0 Å². The van der Waals surface area contributed by atoms with Crippen LogP contribution in [0.1, 0.15) is 5.82 Å². The third kappa shape index (κ3) is 1.54. The predicted molar refractivity (Wildman–Crippen MR) is 43.5 cm³/mol. The minimum Gasteiger partial charge on any atom is -0.388 e. The van der Waals surface area contributed by atoms with E-state index in [1.165, 1.54) is 0 Å². The van der Waals surface area contributed by atoms with Crippen LogP contribution in [0.3, 0.4) is 0 Å². The lowest BCUT2D eigenvalue weighted by Gasteiger charge is -1.89. The summed E-state index contributed by atoms with van der Waals surface area (Å²) >= 11 is 0. The van der Waals surface area contributed by atoms with Crippen LogP contribution >= 0.6 is 0 Å². The molecular formula is C8H7N3O2. The molecule has 0 aliphatic carbocycles. The molecule has 5 nitrogen and oxygen atoms in total. The highest BCUT2D eigenvalue weighted by Crippen LogP contribution is 2.14. The number of nitrogens with zero attached hydrogens (tertiary/aromatic N) is 3. The van der Waals surface area contributed by atoms with Gasteiger partial charge in [-0.05, 0) is 12.1 Å². The first-order valence-electron chi connectivity index (χ1n) is 3.74. The fourth-order valence-corrected chi connectivity index (χ4v) is 0.930. The maximum Gasteiger partial charge on any atom is 0.258 e. The first-order chi connectivity index (χ1) is 6.40. The highest BCUT2D eigenvalue weighted by molar-refractivity contribution is 5.50. The van der Waals surface area contributed by atoms with Gasteiger partial charge in [-0.1, -0.05) is 5.16 Å². The van der Waals surface area contributed by atoms with Crippen LogP contribution in [0.4, 0.5) is 0 Å². The van der Waals surface area contributed by atoms with Crippen molar-refractivity contribution in [2.45, 2.75) is 6.61 Å². The van der Waals surface area contributed by atoms with Gasteiger partial charge in [0, 0.05) is 18.0 Å². The lowest BCUT2D eigenvalue weighted by atomic mass is 10.3. The fourth-order valence-electron chi connectivity index (χ4n) is 0.930. The molecule has 2 aromatic heterocycles. The summed E-state index contributed by atoms with van der Waals surface area (Å²) in [5.41, 5.74) is 0.794. The van der Waals surface area contributed by atoms with Crippen molar-refractivity contribution in [3.8, 4) is 11.5 Å². The molecule has 0 saturated heterocycles. The zero-order valence-corrected chi connectivity index (χ0v) is 6.71. The number of hydrogen-bond acceptors (Lipinski definition) is 5. The standard InChI is InChI=1S/C8H7N3O2/c12-5-7-10-8(13-11-7)6-1-3-9-4-2-6/h1-4,12H,5H2. The van der Waals surface area contributed by atoms with Crippen LogP contribution in [-0.4, -0.2) is 20.2 Å². The van der Waals surface area contributed by atoms with Gasteiger partial charge >= 0.3 is 0 Å². The highest BCUT2D eigenvalue weighted by atomic mass is 16.5. The van der Waals surface area contributed by atoms with Gasteiger partial charge in [0.25, 0.3) is 5.89 Å². The summed E-state index contributed by atoms with van der Waals surface area (Å²) in [6, 6.07) is 3.52. The minimum absolute atomic E-state index is 0.214. The summed E-state index contributed by atoms with van der Waals surface area (Å²) in [6.07, 6.45) is 3.27. The Morgan fingerprint density at radius 3 is 2.69 bits per heavy atom. The fraction of sp³-hybridized carbons (Fsp3) is 0.125.